The van der Waals surface area contributed by atoms with Gasteiger partial charge in [-0.2, -0.15) is 5.10 Å². The fourth-order valence-electron chi connectivity index (χ4n) is 2.26. The Hall–Kier alpha value is -2.42. The maximum absolute atomic E-state index is 12.6. The van der Waals surface area contributed by atoms with Gasteiger partial charge in [0.2, 0.25) is 0 Å². The molecule has 0 spiro atoms. The summed E-state index contributed by atoms with van der Waals surface area (Å²) in [6, 6.07) is 8.92. The number of anilines is 1. The molecule has 0 saturated heterocycles. The number of carbonyl (C=O) groups is 1. The lowest BCUT2D eigenvalue weighted by atomic mass is 10.2. The zero-order valence-electron chi connectivity index (χ0n) is 13.3. The molecule has 134 valence electrons. The van der Waals surface area contributed by atoms with Crippen LogP contribution in [0.2, 0.25) is 10.0 Å². The number of nitrogens with zero attached hydrogens (tertiary/aromatic N) is 3. The lowest BCUT2D eigenvalue weighted by Gasteiger charge is -2.12. The maximum Gasteiger partial charge on any atom is 0.255 e. The number of halogens is 2. The summed E-state index contributed by atoms with van der Waals surface area (Å²) < 4.78 is 25.0. The Morgan fingerprint density at radius 1 is 1.15 bits per heavy atom. The van der Waals surface area contributed by atoms with Crippen LogP contribution in [0, 0.1) is 0 Å². The number of aromatic nitrogens is 3. The van der Waals surface area contributed by atoms with Crippen molar-refractivity contribution in [3.8, 4) is 5.69 Å². The third kappa shape index (κ3) is 3.87. The van der Waals surface area contributed by atoms with Crippen molar-refractivity contribution in [3.63, 3.8) is 0 Å². The van der Waals surface area contributed by atoms with Crippen LogP contribution in [0.3, 0.4) is 0 Å². The molecule has 0 atom stereocenters. The van der Waals surface area contributed by atoms with Crippen LogP contribution in [0.5, 0.6) is 0 Å². The van der Waals surface area contributed by atoms with Gasteiger partial charge < -0.3 is 5.32 Å². The number of nitrogens with one attached hydrogen (secondary N) is 1. The van der Waals surface area contributed by atoms with Crippen molar-refractivity contribution < 1.29 is 13.2 Å². The van der Waals surface area contributed by atoms with E-state index in [0.717, 1.165) is 6.26 Å². The first-order chi connectivity index (χ1) is 12.3. The minimum Gasteiger partial charge on any atom is -0.320 e. The van der Waals surface area contributed by atoms with E-state index in [0.29, 0.717) is 16.4 Å². The second-order valence-corrected chi connectivity index (χ2v) is 8.20. The van der Waals surface area contributed by atoms with Crippen LogP contribution in [0.25, 0.3) is 5.69 Å². The third-order valence-electron chi connectivity index (χ3n) is 3.47. The zero-order valence-corrected chi connectivity index (χ0v) is 15.7. The number of amides is 1. The predicted octanol–water partition coefficient (Wildman–Crippen LogP) is 3.23. The highest BCUT2D eigenvalue weighted by atomic mass is 35.5. The van der Waals surface area contributed by atoms with Crippen LogP contribution in [-0.4, -0.2) is 35.3 Å². The van der Waals surface area contributed by atoms with Gasteiger partial charge in [-0.3, -0.25) is 4.79 Å². The molecule has 0 bridgehead atoms. The highest BCUT2D eigenvalue weighted by Gasteiger charge is 2.17. The topological polar surface area (TPSA) is 94.0 Å². The van der Waals surface area contributed by atoms with Gasteiger partial charge in [0.1, 0.15) is 12.7 Å². The molecule has 10 heteroatoms. The van der Waals surface area contributed by atoms with Gasteiger partial charge in [0.05, 0.1) is 21.3 Å². The number of carbonyl (C=O) groups excluding carboxylic acids is 1. The summed E-state index contributed by atoms with van der Waals surface area (Å²) in [5.41, 5.74) is 1.08. The average Bonchev–Trinajstić information content (AvgIpc) is 3.08. The largest absolute Gasteiger partial charge is 0.320 e. The van der Waals surface area contributed by atoms with Crippen molar-refractivity contribution in [2.75, 3.05) is 11.6 Å². The normalized spacial score (nSPS) is 11.3. The molecule has 0 radical (unpaired) electrons. The van der Waals surface area contributed by atoms with Crippen LogP contribution in [0.1, 0.15) is 10.4 Å². The van der Waals surface area contributed by atoms with Crippen LogP contribution >= 0.6 is 23.2 Å². The quantitative estimate of drug-likeness (QED) is 0.712. The maximum atomic E-state index is 12.6. The second-order valence-electron chi connectivity index (χ2n) is 5.37. The van der Waals surface area contributed by atoms with Gasteiger partial charge in [-0.1, -0.05) is 23.2 Å². The van der Waals surface area contributed by atoms with Gasteiger partial charge in [-0.25, -0.2) is 18.1 Å². The summed E-state index contributed by atoms with van der Waals surface area (Å²) in [7, 11) is -3.57. The van der Waals surface area contributed by atoms with E-state index in [1.165, 1.54) is 35.5 Å². The molecule has 0 aliphatic heterocycles. The van der Waals surface area contributed by atoms with Crippen molar-refractivity contribution in [2.45, 2.75) is 4.90 Å². The number of sulfone groups is 1. The summed E-state index contributed by atoms with van der Waals surface area (Å²) >= 11 is 11.9. The Bertz CT molecular complexity index is 1080. The lowest BCUT2D eigenvalue weighted by molar-refractivity contribution is 0.102. The summed E-state index contributed by atoms with van der Waals surface area (Å²) in [6.07, 6.45) is 3.86. The third-order valence-corrected chi connectivity index (χ3v) is 5.28. The Labute approximate surface area is 159 Å². The summed E-state index contributed by atoms with van der Waals surface area (Å²) in [4.78, 5) is 16.4. The molecule has 1 heterocycles. The summed E-state index contributed by atoms with van der Waals surface area (Å²) in [5, 5.41) is 7.20. The minimum atomic E-state index is -3.57. The van der Waals surface area contributed by atoms with Gasteiger partial charge in [-0.05, 0) is 36.4 Å². The number of hydrogen-bond acceptors (Lipinski definition) is 5. The van der Waals surface area contributed by atoms with E-state index in [-0.39, 0.29) is 15.5 Å². The van der Waals surface area contributed by atoms with Crippen LogP contribution in [0.15, 0.2) is 53.9 Å². The van der Waals surface area contributed by atoms with E-state index in [9.17, 15) is 13.2 Å². The minimum absolute atomic E-state index is 0.0510. The first-order valence-electron chi connectivity index (χ1n) is 7.21. The van der Waals surface area contributed by atoms with Crippen LogP contribution in [-0.2, 0) is 9.84 Å². The zero-order chi connectivity index (χ0) is 18.9. The van der Waals surface area contributed by atoms with Crippen molar-refractivity contribution in [1.82, 2.24) is 14.8 Å². The Kier molecular flexibility index (Phi) is 4.99. The molecule has 26 heavy (non-hydrogen) atoms. The van der Waals surface area contributed by atoms with Gasteiger partial charge >= 0.3 is 0 Å². The predicted molar refractivity (Wildman–Crippen MR) is 98.9 cm³/mol. The fourth-order valence-corrected chi connectivity index (χ4v) is 3.74. The van der Waals surface area contributed by atoms with E-state index in [1.807, 2.05) is 0 Å². The molecule has 0 unspecified atom stereocenters. The molecule has 3 aromatic rings. The van der Waals surface area contributed by atoms with E-state index in [1.54, 1.807) is 18.2 Å². The second kappa shape index (κ2) is 7.06. The SMILES string of the molecule is CS(=O)(=O)c1cc(C(=O)Nc2cc(Cl)ccc2-n2cncn2)ccc1Cl. The van der Waals surface area contributed by atoms with Crippen molar-refractivity contribution in [2.24, 2.45) is 0 Å². The van der Waals surface area contributed by atoms with Gasteiger partial charge in [0, 0.05) is 16.8 Å². The first kappa shape index (κ1) is 18.4. The summed E-state index contributed by atoms with van der Waals surface area (Å²) in [6.45, 7) is 0. The number of hydrogen-bond donors (Lipinski definition) is 1. The Morgan fingerprint density at radius 3 is 2.58 bits per heavy atom. The fraction of sp³-hybridized carbons (Fsp3) is 0.0625. The molecule has 1 aromatic heterocycles. The van der Waals surface area contributed by atoms with Crippen molar-refractivity contribution in [1.29, 1.82) is 0 Å². The molecule has 3 rings (SSSR count). The van der Waals surface area contributed by atoms with Crippen molar-refractivity contribution >= 4 is 44.6 Å². The van der Waals surface area contributed by atoms with Crippen molar-refractivity contribution in [3.05, 3.63) is 64.7 Å². The standard InChI is InChI=1S/C16H12Cl2N4O3S/c1-26(24,25)15-6-10(2-4-12(15)18)16(23)21-13-7-11(17)3-5-14(13)22-9-19-8-20-22/h2-9H,1H3,(H,21,23). The first-order valence-corrected chi connectivity index (χ1v) is 9.86. The van der Waals surface area contributed by atoms with E-state index in [4.69, 9.17) is 23.2 Å². The average molecular weight is 411 g/mol. The van der Waals surface area contributed by atoms with Crippen LogP contribution in [0.4, 0.5) is 5.69 Å². The molecule has 0 saturated carbocycles. The van der Waals surface area contributed by atoms with E-state index < -0.39 is 15.7 Å². The highest BCUT2D eigenvalue weighted by molar-refractivity contribution is 7.90. The highest BCUT2D eigenvalue weighted by Crippen LogP contribution is 2.26. The van der Waals surface area contributed by atoms with Gasteiger partial charge in [0.25, 0.3) is 5.91 Å². The van der Waals surface area contributed by atoms with Gasteiger partial charge in [-0.15, -0.1) is 0 Å². The molecular formula is C16H12Cl2N4O3S. The van der Waals surface area contributed by atoms with E-state index >= 15 is 0 Å². The summed E-state index contributed by atoms with van der Waals surface area (Å²) in [5.74, 6) is -0.518. The molecule has 2 aromatic carbocycles. The van der Waals surface area contributed by atoms with Gasteiger partial charge in [0.15, 0.2) is 9.84 Å². The number of benzene rings is 2. The van der Waals surface area contributed by atoms with Crippen LogP contribution < -0.4 is 5.32 Å². The molecule has 0 aliphatic carbocycles. The molecule has 0 aliphatic rings. The Balaban J connectivity index is 1.98. The molecular weight excluding hydrogens is 399 g/mol. The molecule has 7 nitrogen and oxygen atoms in total. The molecule has 1 N–H and O–H groups in total. The monoisotopic (exact) mass is 410 g/mol. The number of rotatable bonds is 4. The Morgan fingerprint density at radius 2 is 1.92 bits per heavy atom. The van der Waals surface area contributed by atoms with E-state index in [2.05, 4.69) is 15.4 Å². The molecule has 0 fully saturated rings. The lowest BCUT2D eigenvalue weighted by Crippen LogP contribution is -2.15. The molecule has 1 amide bonds. The smallest absolute Gasteiger partial charge is 0.255 e.